The van der Waals surface area contributed by atoms with Gasteiger partial charge >= 0.3 is 0 Å². The van der Waals surface area contributed by atoms with Crippen molar-refractivity contribution >= 4 is 15.7 Å². The average Bonchev–Trinajstić information content (AvgIpc) is 2.63. The highest BCUT2D eigenvalue weighted by Gasteiger charge is 2.18. The van der Waals surface area contributed by atoms with Crippen molar-refractivity contribution in [3.05, 3.63) is 24.7 Å². The van der Waals surface area contributed by atoms with Gasteiger partial charge in [0, 0.05) is 18.8 Å². The summed E-state index contributed by atoms with van der Waals surface area (Å²) in [6.07, 6.45) is 4.53. The van der Waals surface area contributed by atoms with Crippen LogP contribution in [0.2, 0.25) is 0 Å². The Hall–Kier alpha value is -1.93. The van der Waals surface area contributed by atoms with E-state index < -0.39 is 10.0 Å². The summed E-state index contributed by atoms with van der Waals surface area (Å²) >= 11 is 0. The van der Waals surface area contributed by atoms with Gasteiger partial charge in [-0.2, -0.15) is 5.10 Å². The molecule has 2 rings (SSSR count). The van der Waals surface area contributed by atoms with Gasteiger partial charge in [0.05, 0.1) is 23.8 Å². The van der Waals surface area contributed by atoms with E-state index >= 15 is 0 Å². The molecule has 17 heavy (non-hydrogen) atoms. The number of aryl methyl sites for hydroxylation is 1. The second kappa shape index (κ2) is 3.82. The molecule has 0 aliphatic heterocycles. The van der Waals surface area contributed by atoms with Gasteiger partial charge in [-0.3, -0.25) is 9.67 Å². The van der Waals surface area contributed by atoms with E-state index in [2.05, 4.69) is 10.1 Å². The SMILES string of the molecule is Cn1cc(-c2ncc(N)cc2S(N)(=O)=O)cn1. The number of nitrogens with zero attached hydrogens (tertiary/aromatic N) is 3. The quantitative estimate of drug-likeness (QED) is 0.762. The first-order chi connectivity index (χ1) is 7.88. The molecule has 0 amide bonds. The van der Waals surface area contributed by atoms with Crippen molar-refractivity contribution in [3.8, 4) is 11.3 Å². The largest absolute Gasteiger partial charge is 0.397 e. The van der Waals surface area contributed by atoms with Crippen molar-refractivity contribution in [2.75, 3.05) is 5.73 Å². The highest BCUT2D eigenvalue weighted by molar-refractivity contribution is 7.89. The minimum absolute atomic E-state index is 0.106. The molecule has 2 aromatic heterocycles. The molecule has 0 aliphatic carbocycles. The highest BCUT2D eigenvalue weighted by atomic mass is 32.2. The van der Waals surface area contributed by atoms with Gasteiger partial charge in [-0.25, -0.2) is 13.6 Å². The van der Waals surface area contributed by atoms with Crippen molar-refractivity contribution in [2.45, 2.75) is 4.90 Å². The first-order valence-corrected chi connectivity index (χ1v) is 6.20. The summed E-state index contributed by atoms with van der Waals surface area (Å²) in [5, 5.41) is 9.07. The van der Waals surface area contributed by atoms with E-state index in [1.165, 1.54) is 18.5 Å². The predicted molar refractivity (Wildman–Crippen MR) is 62.2 cm³/mol. The van der Waals surface area contributed by atoms with Crippen LogP contribution in [0.15, 0.2) is 29.6 Å². The zero-order valence-corrected chi connectivity index (χ0v) is 9.85. The molecule has 0 radical (unpaired) electrons. The lowest BCUT2D eigenvalue weighted by molar-refractivity contribution is 0.598. The highest BCUT2D eigenvalue weighted by Crippen LogP contribution is 2.25. The molecule has 0 aliphatic rings. The van der Waals surface area contributed by atoms with Crippen LogP contribution in [0.4, 0.5) is 5.69 Å². The minimum atomic E-state index is -3.87. The molecule has 0 unspecified atom stereocenters. The van der Waals surface area contributed by atoms with Crippen LogP contribution in [0, 0.1) is 0 Å². The Balaban J connectivity index is 2.70. The monoisotopic (exact) mass is 253 g/mol. The fourth-order valence-corrected chi connectivity index (χ4v) is 2.18. The fourth-order valence-electron chi connectivity index (χ4n) is 1.44. The Labute approximate surface area is 98.1 Å². The van der Waals surface area contributed by atoms with E-state index in [1.807, 2.05) is 0 Å². The lowest BCUT2D eigenvalue weighted by Gasteiger charge is -2.05. The zero-order chi connectivity index (χ0) is 12.6. The summed E-state index contributed by atoms with van der Waals surface area (Å²) in [6.45, 7) is 0. The minimum Gasteiger partial charge on any atom is -0.397 e. The number of aromatic nitrogens is 3. The summed E-state index contributed by atoms with van der Waals surface area (Å²) in [4.78, 5) is 3.88. The molecule has 4 N–H and O–H groups in total. The first-order valence-electron chi connectivity index (χ1n) is 4.65. The van der Waals surface area contributed by atoms with E-state index in [0.29, 0.717) is 5.56 Å². The van der Waals surface area contributed by atoms with Crippen molar-refractivity contribution in [3.63, 3.8) is 0 Å². The molecule has 0 aromatic carbocycles. The third-order valence-electron chi connectivity index (χ3n) is 2.16. The van der Waals surface area contributed by atoms with E-state index in [1.54, 1.807) is 17.9 Å². The van der Waals surface area contributed by atoms with Gasteiger partial charge in [0.2, 0.25) is 10.0 Å². The van der Waals surface area contributed by atoms with E-state index in [4.69, 9.17) is 10.9 Å². The van der Waals surface area contributed by atoms with Crippen LogP contribution in [-0.2, 0) is 17.1 Å². The van der Waals surface area contributed by atoms with Crippen molar-refractivity contribution in [1.82, 2.24) is 14.8 Å². The maximum absolute atomic E-state index is 11.4. The summed E-state index contributed by atoms with van der Waals surface area (Å²) in [5.41, 5.74) is 6.55. The van der Waals surface area contributed by atoms with Gasteiger partial charge < -0.3 is 5.73 Å². The fraction of sp³-hybridized carbons (Fsp3) is 0.111. The van der Waals surface area contributed by atoms with Crippen LogP contribution in [0.5, 0.6) is 0 Å². The van der Waals surface area contributed by atoms with Gasteiger partial charge in [0.15, 0.2) is 0 Å². The molecule has 2 aromatic rings. The maximum atomic E-state index is 11.4. The number of rotatable bonds is 2. The number of hydrogen-bond donors (Lipinski definition) is 2. The molecule has 2 heterocycles. The third kappa shape index (κ3) is 2.27. The van der Waals surface area contributed by atoms with Gasteiger partial charge in [-0.1, -0.05) is 0 Å². The average molecular weight is 253 g/mol. The first kappa shape index (κ1) is 11.6. The van der Waals surface area contributed by atoms with Crippen LogP contribution in [0.3, 0.4) is 0 Å². The van der Waals surface area contributed by atoms with Crippen LogP contribution in [0.25, 0.3) is 11.3 Å². The number of pyridine rings is 1. The van der Waals surface area contributed by atoms with E-state index in [9.17, 15) is 8.42 Å². The molecule has 7 nitrogen and oxygen atoms in total. The smallest absolute Gasteiger partial charge is 0.240 e. The standard InChI is InChI=1S/C9H11N5O2S/c1-14-5-6(3-13-14)9-8(17(11,15)16)2-7(10)4-12-9/h2-5H,10H2,1H3,(H2,11,15,16). The lowest BCUT2D eigenvalue weighted by atomic mass is 10.2. The maximum Gasteiger partial charge on any atom is 0.240 e. The molecule has 0 spiro atoms. The molecular weight excluding hydrogens is 242 g/mol. The van der Waals surface area contributed by atoms with Crippen molar-refractivity contribution in [1.29, 1.82) is 0 Å². The summed E-state index contributed by atoms with van der Waals surface area (Å²) in [6, 6.07) is 1.28. The summed E-state index contributed by atoms with van der Waals surface area (Å²) in [7, 11) is -2.15. The molecule has 8 heteroatoms. The number of nitrogens with two attached hydrogens (primary N) is 2. The van der Waals surface area contributed by atoms with Crippen LogP contribution in [0.1, 0.15) is 0 Å². The Morgan fingerprint density at radius 1 is 1.35 bits per heavy atom. The Morgan fingerprint density at radius 2 is 2.06 bits per heavy atom. The molecule has 0 saturated carbocycles. The van der Waals surface area contributed by atoms with Crippen LogP contribution < -0.4 is 10.9 Å². The number of anilines is 1. The Morgan fingerprint density at radius 3 is 2.59 bits per heavy atom. The van der Waals surface area contributed by atoms with Gasteiger partial charge in [0.1, 0.15) is 4.90 Å². The second-order valence-electron chi connectivity index (χ2n) is 3.56. The predicted octanol–water partition coefficient (Wildman–Crippen LogP) is -0.288. The van der Waals surface area contributed by atoms with Crippen LogP contribution in [-0.4, -0.2) is 23.2 Å². The second-order valence-corrected chi connectivity index (χ2v) is 5.09. The topological polar surface area (TPSA) is 117 Å². The lowest BCUT2D eigenvalue weighted by Crippen LogP contribution is -2.14. The number of hydrogen-bond acceptors (Lipinski definition) is 5. The van der Waals surface area contributed by atoms with E-state index in [0.717, 1.165) is 0 Å². The molecule has 0 atom stereocenters. The zero-order valence-electron chi connectivity index (χ0n) is 9.03. The molecule has 0 fully saturated rings. The van der Waals surface area contributed by atoms with Crippen LogP contribution >= 0.6 is 0 Å². The molecule has 0 saturated heterocycles. The number of nitrogen functional groups attached to an aromatic ring is 1. The normalized spacial score (nSPS) is 11.6. The Kier molecular flexibility index (Phi) is 2.60. The van der Waals surface area contributed by atoms with Gasteiger partial charge in [-0.15, -0.1) is 0 Å². The van der Waals surface area contributed by atoms with Gasteiger partial charge in [0.25, 0.3) is 0 Å². The van der Waals surface area contributed by atoms with Crippen molar-refractivity contribution < 1.29 is 8.42 Å². The number of sulfonamides is 1. The number of primary sulfonamides is 1. The molecule has 90 valence electrons. The molecular formula is C9H11N5O2S. The summed E-state index contributed by atoms with van der Waals surface area (Å²) < 4.78 is 24.4. The van der Waals surface area contributed by atoms with Crippen molar-refractivity contribution in [2.24, 2.45) is 12.2 Å². The third-order valence-corrected chi connectivity index (χ3v) is 3.08. The summed E-state index contributed by atoms with van der Waals surface area (Å²) in [5.74, 6) is 0. The molecule has 0 bridgehead atoms. The van der Waals surface area contributed by atoms with E-state index in [-0.39, 0.29) is 16.3 Å². The Bertz CT molecular complexity index is 662. The van der Waals surface area contributed by atoms with Gasteiger partial charge in [-0.05, 0) is 6.07 Å².